The van der Waals surface area contributed by atoms with Crippen molar-refractivity contribution in [2.75, 3.05) is 0 Å². The Kier molecular flexibility index (Phi) is 5.63. The summed E-state index contributed by atoms with van der Waals surface area (Å²) < 4.78 is 2.08. The van der Waals surface area contributed by atoms with Gasteiger partial charge in [0.15, 0.2) is 5.75 Å². The lowest BCUT2D eigenvalue weighted by atomic mass is 9.88. The molecule has 0 aliphatic heterocycles. The minimum absolute atomic E-state index is 0.130. The van der Waals surface area contributed by atoms with E-state index < -0.39 is 16.4 Å². The van der Waals surface area contributed by atoms with Crippen LogP contribution in [0.3, 0.4) is 0 Å². The zero-order valence-electron chi connectivity index (χ0n) is 16.0. The summed E-state index contributed by atoms with van der Waals surface area (Å²) in [4.78, 5) is 28.4. The average molecular weight is 471 g/mol. The van der Waals surface area contributed by atoms with Crippen LogP contribution in [0.1, 0.15) is 49.4 Å². The van der Waals surface area contributed by atoms with E-state index in [-0.39, 0.29) is 11.5 Å². The van der Waals surface area contributed by atoms with Gasteiger partial charge in [-0.1, -0.05) is 35.2 Å². The van der Waals surface area contributed by atoms with Gasteiger partial charge in [-0.25, -0.2) is 4.98 Å². The van der Waals surface area contributed by atoms with Crippen molar-refractivity contribution in [3.05, 3.63) is 72.7 Å². The average Bonchev–Trinajstić information content (AvgIpc) is 2.74. The van der Waals surface area contributed by atoms with Crippen molar-refractivity contribution in [1.29, 1.82) is 0 Å². The Morgan fingerprint density at radius 2 is 1.97 bits per heavy atom. The van der Waals surface area contributed by atoms with Crippen molar-refractivity contribution >= 4 is 38.7 Å². The Labute approximate surface area is 180 Å². The first-order valence-corrected chi connectivity index (χ1v) is 10.5. The van der Waals surface area contributed by atoms with E-state index in [0.717, 1.165) is 30.2 Å². The molecule has 4 rings (SSSR count). The number of hydrogen-bond donors (Lipinski definition) is 1. The smallest absolute Gasteiger partial charge is 0.311 e. The summed E-state index contributed by atoms with van der Waals surface area (Å²) >= 11 is 3.39. The summed E-state index contributed by atoms with van der Waals surface area (Å²) in [6, 6.07) is 9.33. The molecule has 8 nitrogen and oxygen atoms in total. The molecular weight excluding hydrogens is 452 g/mol. The Hall–Kier alpha value is -3.07. The summed E-state index contributed by atoms with van der Waals surface area (Å²) in [5, 5.41) is 25.5. The number of phenolic OH excluding ortho intramolecular Hbond substituents is 1. The fourth-order valence-electron chi connectivity index (χ4n) is 3.79. The lowest BCUT2D eigenvalue weighted by Crippen LogP contribution is -2.25. The van der Waals surface area contributed by atoms with Crippen LogP contribution in [0.15, 0.2) is 50.8 Å². The van der Waals surface area contributed by atoms with Crippen LogP contribution in [0, 0.1) is 10.1 Å². The second-order valence-electron chi connectivity index (χ2n) is 7.33. The molecule has 2 aromatic carbocycles. The number of benzene rings is 2. The molecule has 9 heteroatoms. The molecule has 1 heterocycles. The number of nitrogens with zero attached hydrogens (tertiary/aromatic N) is 4. The van der Waals surface area contributed by atoms with Gasteiger partial charge in [0.25, 0.3) is 5.56 Å². The van der Waals surface area contributed by atoms with Gasteiger partial charge in [-0.05, 0) is 43.2 Å². The third-order valence-electron chi connectivity index (χ3n) is 5.32. The summed E-state index contributed by atoms with van der Waals surface area (Å²) in [5.74, 6) is 0.319. The second kappa shape index (κ2) is 8.35. The monoisotopic (exact) mass is 470 g/mol. The standard InChI is InChI=1S/C21H19BrN4O4/c22-15-7-8-17-16(11-15)21(28)25(20(24-17)14-4-2-1-3-5-14)23-12-13-6-9-19(27)18(10-13)26(29)30/h6-12,14,27H,1-5H2. The minimum Gasteiger partial charge on any atom is -0.502 e. The van der Waals surface area contributed by atoms with E-state index in [4.69, 9.17) is 4.98 Å². The highest BCUT2D eigenvalue weighted by atomic mass is 79.9. The fourth-order valence-corrected chi connectivity index (χ4v) is 4.16. The lowest BCUT2D eigenvalue weighted by molar-refractivity contribution is -0.385. The molecular formula is C21H19BrN4O4. The first-order chi connectivity index (χ1) is 14.4. The SMILES string of the molecule is O=c1c2cc(Br)ccc2nc(C2CCCCC2)n1N=Cc1ccc(O)c([N+](=O)[O-])c1. The topological polar surface area (TPSA) is 111 Å². The van der Waals surface area contributed by atoms with Crippen LogP contribution in [0.5, 0.6) is 5.75 Å². The van der Waals surface area contributed by atoms with Crippen molar-refractivity contribution in [1.82, 2.24) is 9.66 Å². The predicted octanol–water partition coefficient (Wildman–Crippen LogP) is 4.70. The third kappa shape index (κ3) is 3.97. The Morgan fingerprint density at radius 1 is 1.20 bits per heavy atom. The molecule has 0 radical (unpaired) electrons. The van der Waals surface area contributed by atoms with Gasteiger partial charge in [0.2, 0.25) is 0 Å². The minimum atomic E-state index is -0.665. The molecule has 0 atom stereocenters. The molecule has 154 valence electrons. The van der Waals surface area contributed by atoms with Gasteiger partial charge in [-0.15, -0.1) is 0 Å². The van der Waals surface area contributed by atoms with Gasteiger partial charge in [0.05, 0.1) is 22.0 Å². The molecule has 1 saturated carbocycles. The maximum absolute atomic E-state index is 13.2. The van der Waals surface area contributed by atoms with E-state index >= 15 is 0 Å². The first-order valence-electron chi connectivity index (χ1n) is 9.68. The van der Waals surface area contributed by atoms with Crippen LogP contribution in [0.4, 0.5) is 5.69 Å². The van der Waals surface area contributed by atoms with Crippen LogP contribution >= 0.6 is 15.9 Å². The summed E-state index contributed by atoms with van der Waals surface area (Å²) in [7, 11) is 0. The highest BCUT2D eigenvalue weighted by Crippen LogP contribution is 2.32. The maximum Gasteiger partial charge on any atom is 0.311 e. The zero-order chi connectivity index (χ0) is 21.3. The van der Waals surface area contributed by atoms with Crippen LogP contribution in [-0.4, -0.2) is 25.9 Å². The number of halogens is 1. The summed E-state index contributed by atoms with van der Waals surface area (Å²) in [5.41, 5.74) is 0.316. The van der Waals surface area contributed by atoms with Crippen LogP contribution < -0.4 is 5.56 Å². The van der Waals surface area contributed by atoms with Crippen LogP contribution in [0.25, 0.3) is 10.9 Å². The number of fused-ring (bicyclic) bond motifs is 1. The van der Waals surface area contributed by atoms with E-state index in [0.29, 0.717) is 22.3 Å². The highest BCUT2D eigenvalue weighted by Gasteiger charge is 2.22. The highest BCUT2D eigenvalue weighted by molar-refractivity contribution is 9.10. The van der Waals surface area contributed by atoms with E-state index in [9.17, 15) is 20.0 Å². The van der Waals surface area contributed by atoms with Gasteiger partial charge >= 0.3 is 5.69 Å². The Bertz CT molecular complexity index is 1220. The Balaban J connectivity index is 1.84. The van der Waals surface area contributed by atoms with Gasteiger partial charge in [0.1, 0.15) is 5.82 Å². The van der Waals surface area contributed by atoms with Gasteiger partial charge in [-0.2, -0.15) is 9.78 Å². The normalized spacial score (nSPS) is 15.1. The summed E-state index contributed by atoms with van der Waals surface area (Å²) in [6.07, 6.45) is 6.58. The molecule has 3 aromatic rings. The lowest BCUT2D eigenvalue weighted by Gasteiger charge is -2.22. The molecule has 0 amide bonds. The van der Waals surface area contributed by atoms with E-state index in [1.807, 2.05) is 12.1 Å². The number of aromatic nitrogens is 2. The molecule has 1 N–H and O–H groups in total. The molecule has 1 aliphatic rings. The third-order valence-corrected chi connectivity index (χ3v) is 5.82. The van der Waals surface area contributed by atoms with E-state index in [2.05, 4.69) is 21.0 Å². The first kappa shape index (κ1) is 20.2. The van der Waals surface area contributed by atoms with Crippen molar-refractivity contribution < 1.29 is 10.0 Å². The number of hydrogen-bond acceptors (Lipinski definition) is 6. The van der Waals surface area contributed by atoms with Gasteiger partial charge in [0, 0.05) is 22.0 Å². The van der Waals surface area contributed by atoms with Crippen LogP contribution in [-0.2, 0) is 0 Å². The zero-order valence-corrected chi connectivity index (χ0v) is 17.6. The second-order valence-corrected chi connectivity index (χ2v) is 8.25. The van der Waals surface area contributed by atoms with Gasteiger partial charge < -0.3 is 5.11 Å². The van der Waals surface area contributed by atoms with E-state index in [1.165, 1.54) is 35.5 Å². The number of aromatic hydroxyl groups is 1. The molecule has 1 fully saturated rings. The van der Waals surface area contributed by atoms with E-state index in [1.54, 1.807) is 6.07 Å². The quantitative estimate of drug-likeness (QED) is 0.337. The van der Waals surface area contributed by atoms with Crippen molar-refractivity contribution in [2.24, 2.45) is 5.10 Å². The summed E-state index contributed by atoms with van der Waals surface area (Å²) in [6.45, 7) is 0. The molecule has 0 saturated heterocycles. The Morgan fingerprint density at radius 3 is 2.70 bits per heavy atom. The molecule has 0 spiro atoms. The molecule has 1 aliphatic carbocycles. The van der Waals surface area contributed by atoms with Crippen molar-refractivity contribution in [3.63, 3.8) is 0 Å². The van der Waals surface area contributed by atoms with Crippen molar-refractivity contribution in [3.8, 4) is 5.75 Å². The molecule has 0 bridgehead atoms. The molecule has 1 aromatic heterocycles. The van der Waals surface area contributed by atoms with Gasteiger partial charge in [-0.3, -0.25) is 14.9 Å². The number of phenols is 1. The molecule has 0 unspecified atom stereocenters. The number of nitro groups is 1. The number of nitro benzene ring substituents is 1. The predicted molar refractivity (Wildman–Crippen MR) is 117 cm³/mol. The van der Waals surface area contributed by atoms with Crippen LogP contribution in [0.2, 0.25) is 0 Å². The molecule has 30 heavy (non-hydrogen) atoms. The maximum atomic E-state index is 13.2. The number of rotatable bonds is 4. The fraction of sp³-hybridized carbons (Fsp3) is 0.286. The largest absolute Gasteiger partial charge is 0.502 e. The van der Waals surface area contributed by atoms with Crippen molar-refractivity contribution in [2.45, 2.75) is 38.0 Å².